The molecule has 0 radical (unpaired) electrons. The Morgan fingerprint density at radius 2 is 1.83 bits per heavy atom. The fourth-order valence-electron chi connectivity index (χ4n) is 3.17. The highest BCUT2D eigenvalue weighted by molar-refractivity contribution is 6.31. The van der Waals surface area contributed by atoms with Crippen molar-refractivity contribution in [3.63, 3.8) is 0 Å². The molecule has 0 fully saturated rings. The first-order valence-electron chi connectivity index (χ1n) is 7.71. The van der Waals surface area contributed by atoms with Gasteiger partial charge in [0.25, 0.3) is 0 Å². The van der Waals surface area contributed by atoms with Crippen LogP contribution < -0.4 is 10.6 Å². The maximum Gasteiger partial charge on any atom is 0.247 e. The summed E-state index contributed by atoms with van der Waals surface area (Å²) in [6.45, 7) is 0.741. The second kappa shape index (κ2) is 6.13. The Morgan fingerprint density at radius 3 is 2.62 bits per heavy atom. The van der Waals surface area contributed by atoms with E-state index in [0.29, 0.717) is 10.0 Å². The van der Waals surface area contributed by atoms with Crippen LogP contribution in [0.4, 0.5) is 5.69 Å². The van der Waals surface area contributed by atoms with E-state index in [1.165, 1.54) is 0 Å². The van der Waals surface area contributed by atoms with Crippen LogP contribution in [0.2, 0.25) is 10.0 Å². The van der Waals surface area contributed by atoms with E-state index in [2.05, 4.69) is 15.6 Å². The van der Waals surface area contributed by atoms with Crippen molar-refractivity contribution in [1.29, 1.82) is 0 Å². The highest BCUT2D eigenvalue weighted by Crippen LogP contribution is 2.32. The molecule has 0 aliphatic carbocycles. The maximum absolute atomic E-state index is 12.7. The molecule has 3 aromatic rings. The van der Waals surface area contributed by atoms with E-state index in [1.807, 2.05) is 18.2 Å². The SMILES string of the molecule is O=C(Nc1ccc(Cl)cc1)C1NCCc2c1[nH]c1ccc(Cl)cc21. The van der Waals surface area contributed by atoms with E-state index in [4.69, 9.17) is 23.2 Å². The lowest BCUT2D eigenvalue weighted by Crippen LogP contribution is -2.38. The topological polar surface area (TPSA) is 56.9 Å². The minimum atomic E-state index is -0.421. The number of rotatable bonds is 2. The average Bonchev–Trinajstić information content (AvgIpc) is 2.95. The van der Waals surface area contributed by atoms with Gasteiger partial charge in [0, 0.05) is 38.9 Å². The largest absolute Gasteiger partial charge is 0.356 e. The molecule has 1 aliphatic heterocycles. The standard InChI is InChI=1S/C18H15Cl2N3O/c19-10-1-4-12(5-2-10)22-18(24)17-16-13(7-8-21-17)14-9-11(20)3-6-15(14)23-16/h1-6,9,17,21,23H,7-8H2,(H,22,24). The first-order chi connectivity index (χ1) is 11.6. The first-order valence-corrected chi connectivity index (χ1v) is 8.47. The Balaban J connectivity index is 1.67. The minimum absolute atomic E-state index is 0.101. The van der Waals surface area contributed by atoms with E-state index < -0.39 is 6.04 Å². The molecule has 2 aromatic carbocycles. The highest BCUT2D eigenvalue weighted by atomic mass is 35.5. The molecule has 4 rings (SSSR count). The molecule has 24 heavy (non-hydrogen) atoms. The third-order valence-corrected chi connectivity index (χ3v) is 4.77. The molecule has 4 nitrogen and oxygen atoms in total. The number of anilines is 1. The quantitative estimate of drug-likeness (QED) is 0.638. The van der Waals surface area contributed by atoms with Gasteiger partial charge in [-0.15, -0.1) is 0 Å². The summed E-state index contributed by atoms with van der Waals surface area (Å²) in [7, 11) is 0. The molecular weight excluding hydrogens is 345 g/mol. The van der Waals surface area contributed by atoms with Gasteiger partial charge in [0.1, 0.15) is 6.04 Å². The number of amides is 1. The van der Waals surface area contributed by atoms with Gasteiger partial charge in [0.2, 0.25) is 5.91 Å². The summed E-state index contributed by atoms with van der Waals surface area (Å²) in [5.74, 6) is -0.101. The van der Waals surface area contributed by atoms with Crippen LogP contribution in [-0.2, 0) is 11.2 Å². The Morgan fingerprint density at radius 1 is 1.08 bits per heavy atom. The van der Waals surface area contributed by atoms with E-state index in [-0.39, 0.29) is 5.91 Å². The number of hydrogen-bond donors (Lipinski definition) is 3. The van der Waals surface area contributed by atoms with Gasteiger partial charge in [-0.05, 0) is 54.4 Å². The van der Waals surface area contributed by atoms with Crippen LogP contribution in [-0.4, -0.2) is 17.4 Å². The summed E-state index contributed by atoms with van der Waals surface area (Å²) in [6, 6.07) is 12.4. The molecule has 0 saturated heterocycles. The van der Waals surface area contributed by atoms with E-state index in [0.717, 1.165) is 40.8 Å². The number of hydrogen-bond acceptors (Lipinski definition) is 2. The fraction of sp³-hybridized carbons (Fsp3) is 0.167. The Bertz CT molecular complexity index is 918. The van der Waals surface area contributed by atoms with Gasteiger partial charge >= 0.3 is 0 Å². The van der Waals surface area contributed by atoms with Gasteiger partial charge < -0.3 is 15.6 Å². The monoisotopic (exact) mass is 359 g/mol. The number of aromatic amines is 1. The second-order valence-electron chi connectivity index (χ2n) is 5.84. The zero-order valence-corrected chi connectivity index (χ0v) is 14.2. The van der Waals surface area contributed by atoms with E-state index >= 15 is 0 Å². The van der Waals surface area contributed by atoms with Crippen molar-refractivity contribution in [1.82, 2.24) is 10.3 Å². The van der Waals surface area contributed by atoms with Crippen molar-refractivity contribution in [2.75, 3.05) is 11.9 Å². The molecule has 1 aromatic heterocycles. The zero-order chi connectivity index (χ0) is 16.7. The van der Waals surface area contributed by atoms with Crippen LogP contribution in [0.3, 0.4) is 0 Å². The van der Waals surface area contributed by atoms with Gasteiger partial charge in [0.05, 0.1) is 0 Å². The van der Waals surface area contributed by atoms with Gasteiger partial charge in [-0.1, -0.05) is 23.2 Å². The molecule has 3 N–H and O–H groups in total. The van der Waals surface area contributed by atoms with Crippen LogP contribution in [0.25, 0.3) is 10.9 Å². The number of H-pyrrole nitrogens is 1. The summed E-state index contributed by atoms with van der Waals surface area (Å²) in [5, 5.41) is 8.63. The van der Waals surface area contributed by atoms with Crippen LogP contribution in [0.1, 0.15) is 17.3 Å². The molecule has 0 spiro atoms. The van der Waals surface area contributed by atoms with E-state index in [9.17, 15) is 4.79 Å². The van der Waals surface area contributed by atoms with Crippen LogP contribution in [0.15, 0.2) is 42.5 Å². The lowest BCUT2D eigenvalue weighted by molar-refractivity contribution is -0.118. The van der Waals surface area contributed by atoms with E-state index in [1.54, 1.807) is 24.3 Å². The molecule has 2 heterocycles. The zero-order valence-electron chi connectivity index (χ0n) is 12.7. The summed E-state index contributed by atoms with van der Waals surface area (Å²) < 4.78 is 0. The lowest BCUT2D eigenvalue weighted by Gasteiger charge is -2.23. The van der Waals surface area contributed by atoms with Crippen molar-refractivity contribution in [3.05, 3.63) is 63.8 Å². The molecule has 1 unspecified atom stereocenters. The normalized spacial score (nSPS) is 16.8. The Kier molecular flexibility index (Phi) is 3.96. The molecular formula is C18H15Cl2N3O. The Hall–Kier alpha value is -2.01. The van der Waals surface area contributed by atoms with Gasteiger partial charge in [-0.2, -0.15) is 0 Å². The number of benzene rings is 2. The van der Waals surface area contributed by atoms with Crippen molar-refractivity contribution >= 4 is 45.7 Å². The first kappa shape index (κ1) is 15.5. The molecule has 1 atom stereocenters. The molecule has 0 saturated carbocycles. The predicted molar refractivity (Wildman–Crippen MR) is 97.8 cm³/mol. The second-order valence-corrected chi connectivity index (χ2v) is 6.71. The smallest absolute Gasteiger partial charge is 0.247 e. The molecule has 0 bridgehead atoms. The third kappa shape index (κ3) is 2.77. The maximum atomic E-state index is 12.7. The molecule has 1 aliphatic rings. The average molecular weight is 360 g/mol. The number of fused-ring (bicyclic) bond motifs is 3. The number of nitrogens with one attached hydrogen (secondary N) is 3. The van der Waals surface area contributed by atoms with Crippen molar-refractivity contribution in [3.8, 4) is 0 Å². The number of aromatic nitrogens is 1. The van der Waals surface area contributed by atoms with Gasteiger partial charge in [0.15, 0.2) is 0 Å². The molecule has 1 amide bonds. The summed E-state index contributed by atoms with van der Waals surface area (Å²) >= 11 is 12.0. The van der Waals surface area contributed by atoms with Crippen molar-refractivity contribution < 1.29 is 4.79 Å². The van der Waals surface area contributed by atoms with Crippen molar-refractivity contribution in [2.45, 2.75) is 12.5 Å². The summed E-state index contributed by atoms with van der Waals surface area (Å²) in [4.78, 5) is 16.1. The lowest BCUT2D eigenvalue weighted by atomic mass is 9.99. The molecule has 6 heteroatoms. The Labute approximate surface area is 149 Å². The van der Waals surface area contributed by atoms with Gasteiger partial charge in [-0.25, -0.2) is 0 Å². The van der Waals surface area contributed by atoms with Crippen LogP contribution in [0, 0.1) is 0 Å². The summed E-state index contributed by atoms with van der Waals surface area (Å²) in [5.41, 5.74) is 3.78. The van der Waals surface area contributed by atoms with Crippen molar-refractivity contribution in [2.24, 2.45) is 0 Å². The molecule has 122 valence electrons. The summed E-state index contributed by atoms with van der Waals surface area (Å²) in [6.07, 6.45) is 0.862. The predicted octanol–water partition coefficient (Wildman–Crippen LogP) is 4.30. The van der Waals surface area contributed by atoms with Crippen LogP contribution >= 0.6 is 23.2 Å². The highest BCUT2D eigenvalue weighted by Gasteiger charge is 2.29. The fourth-order valence-corrected chi connectivity index (χ4v) is 3.47. The number of halogens is 2. The number of carbonyl (C=O) groups excluding carboxylic acids is 1. The number of carbonyl (C=O) groups is 1. The third-order valence-electron chi connectivity index (χ3n) is 4.29. The minimum Gasteiger partial charge on any atom is -0.356 e. The van der Waals surface area contributed by atoms with Gasteiger partial charge in [-0.3, -0.25) is 4.79 Å². The van der Waals surface area contributed by atoms with Crippen LogP contribution in [0.5, 0.6) is 0 Å².